The number of pyridine rings is 1. The minimum absolute atomic E-state index is 0.441. The highest BCUT2D eigenvalue weighted by molar-refractivity contribution is 5.49. The molecule has 0 amide bonds. The Morgan fingerprint density at radius 3 is 2.71 bits per heavy atom. The van der Waals surface area contributed by atoms with Gasteiger partial charge in [-0.05, 0) is 49.7 Å². The lowest BCUT2D eigenvalue weighted by molar-refractivity contribution is 0.490. The molecule has 0 spiro atoms. The van der Waals surface area contributed by atoms with E-state index < -0.39 is 0 Å². The SMILES string of the molecule is Cc1cccc(-c2nccc(Cc3ccnc(Cc4cnn(C5CCNC5)c4)n3)n2)n1. The van der Waals surface area contributed by atoms with Gasteiger partial charge in [-0.15, -0.1) is 0 Å². The van der Waals surface area contributed by atoms with E-state index in [1.54, 1.807) is 6.20 Å². The third-order valence-electron chi connectivity index (χ3n) is 5.38. The predicted octanol–water partition coefficient (Wildman–Crippen LogP) is 2.55. The third kappa shape index (κ3) is 4.64. The Kier molecular flexibility index (Phi) is 5.45. The molecule has 5 rings (SSSR count). The summed E-state index contributed by atoms with van der Waals surface area (Å²) < 4.78 is 2.06. The lowest BCUT2D eigenvalue weighted by Gasteiger charge is -2.07. The van der Waals surface area contributed by atoms with Gasteiger partial charge < -0.3 is 5.32 Å². The topological polar surface area (TPSA) is 94.3 Å². The maximum atomic E-state index is 4.75. The maximum Gasteiger partial charge on any atom is 0.178 e. The van der Waals surface area contributed by atoms with Gasteiger partial charge in [0.15, 0.2) is 5.82 Å². The lowest BCUT2D eigenvalue weighted by Crippen LogP contribution is -2.13. The van der Waals surface area contributed by atoms with Crippen LogP contribution in [-0.2, 0) is 12.8 Å². The number of rotatable bonds is 6. The monoisotopic (exact) mass is 412 g/mol. The summed E-state index contributed by atoms with van der Waals surface area (Å²) in [6.45, 7) is 3.99. The average molecular weight is 413 g/mol. The number of nitrogens with zero attached hydrogens (tertiary/aromatic N) is 7. The minimum Gasteiger partial charge on any atom is -0.315 e. The molecule has 0 bridgehead atoms. The van der Waals surface area contributed by atoms with Crippen LogP contribution < -0.4 is 5.32 Å². The predicted molar refractivity (Wildman–Crippen MR) is 116 cm³/mol. The molecule has 1 N–H and O–H groups in total. The molecule has 0 aromatic carbocycles. The zero-order valence-electron chi connectivity index (χ0n) is 17.4. The first kappa shape index (κ1) is 19.4. The molecule has 1 unspecified atom stereocenters. The quantitative estimate of drug-likeness (QED) is 0.520. The van der Waals surface area contributed by atoms with Crippen molar-refractivity contribution < 1.29 is 0 Å². The fourth-order valence-corrected chi connectivity index (χ4v) is 3.81. The second kappa shape index (κ2) is 8.69. The van der Waals surface area contributed by atoms with Gasteiger partial charge in [0.25, 0.3) is 0 Å². The van der Waals surface area contributed by atoms with Crippen LogP contribution in [0.3, 0.4) is 0 Å². The van der Waals surface area contributed by atoms with E-state index in [0.29, 0.717) is 24.7 Å². The van der Waals surface area contributed by atoms with E-state index in [1.165, 1.54) is 0 Å². The third-order valence-corrected chi connectivity index (χ3v) is 5.38. The van der Waals surface area contributed by atoms with Gasteiger partial charge in [0.2, 0.25) is 0 Å². The Morgan fingerprint density at radius 1 is 1.00 bits per heavy atom. The zero-order chi connectivity index (χ0) is 21.0. The first-order chi connectivity index (χ1) is 15.2. The normalized spacial score (nSPS) is 16.0. The smallest absolute Gasteiger partial charge is 0.178 e. The summed E-state index contributed by atoms with van der Waals surface area (Å²) in [6.07, 6.45) is 10.0. The van der Waals surface area contributed by atoms with Crippen LogP contribution in [0.25, 0.3) is 11.5 Å². The Labute approximate surface area is 180 Å². The summed E-state index contributed by atoms with van der Waals surface area (Å²) in [5, 5.41) is 7.91. The van der Waals surface area contributed by atoms with Crippen molar-refractivity contribution in [1.29, 1.82) is 0 Å². The molecule has 1 saturated heterocycles. The van der Waals surface area contributed by atoms with E-state index in [2.05, 4.69) is 41.2 Å². The van der Waals surface area contributed by atoms with Crippen LogP contribution in [0.15, 0.2) is 55.1 Å². The first-order valence-corrected chi connectivity index (χ1v) is 10.5. The molecule has 0 saturated carbocycles. The first-order valence-electron chi connectivity index (χ1n) is 10.5. The van der Waals surface area contributed by atoms with Crippen LogP contribution in [0, 0.1) is 6.92 Å². The lowest BCUT2D eigenvalue weighted by atomic mass is 10.2. The summed E-state index contributed by atoms with van der Waals surface area (Å²) >= 11 is 0. The number of aromatic nitrogens is 7. The van der Waals surface area contributed by atoms with Crippen molar-refractivity contribution in [3.63, 3.8) is 0 Å². The van der Waals surface area contributed by atoms with Gasteiger partial charge in [-0.2, -0.15) is 5.10 Å². The van der Waals surface area contributed by atoms with Crippen LogP contribution in [-0.4, -0.2) is 47.8 Å². The van der Waals surface area contributed by atoms with Crippen molar-refractivity contribution in [2.75, 3.05) is 13.1 Å². The van der Waals surface area contributed by atoms with Gasteiger partial charge in [0.05, 0.1) is 23.6 Å². The summed E-state index contributed by atoms with van der Waals surface area (Å²) in [7, 11) is 0. The van der Waals surface area contributed by atoms with Crippen molar-refractivity contribution in [2.24, 2.45) is 0 Å². The Balaban J connectivity index is 1.30. The largest absolute Gasteiger partial charge is 0.315 e. The van der Waals surface area contributed by atoms with E-state index >= 15 is 0 Å². The standard InChI is InChI=1S/C23H24N8/c1-16-3-2-4-21(28-16)23-26-10-6-19(30-23)12-18-5-9-25-22(29-18)11-17-13-27-31(15-17)20-7-8-24-14-20/h2-6,9-10,13,15,20,24H,7-8,11-12,14H2,1H3. The minimum atomic E-state index is 0.441. The van der Waals surface area contributed by atoms with Crippen molar-refractivity contribution in [3.05, 3.63) is 83.6 Å². The van der Waals surface area contributed by atoms with Crippen LogP contribution >= 0.6 is 0 Å². The molecule has 0 radical (unpaired) electrons. The van der Waals surface area contributed by atoms with Gasteiger partial charge in [-0.3, -0.25) is 4.68 Å². The van der Waals surface area contributed by atoms with Crippen molar-refractivity contribution in [1.82, 2.24) is 40.0 Å². The molecule has 31 heavy (non-hydrogen) atoms. The van der Waals surface area contributed by atoms with Crippen molar-refractivity contribution >= 4 is 0 Å². The fourth-order valence-electron chi connectivity index (χ4n) is 3.81. The molecule has 156 valence electrons. The molecule has 1 atom stereocenters. The highest BCUT2D eigenvalue weighted by atomic mass is 15.3. The Bertz CT molecular complexity index is 1180. The molecule has 5 heterocycles. The molecule has 1 aliphatic rings. The van der Waals surface area contributed by atoms with Crippen LogP contribution in [0.2, 0.25) is 0 Å². The van der Waals surface area contributed by atoms with E-state index in [0.717, 1.165) is 53.7 Å². The molecule has 4 aromatic rings. The molecule has 0 aliphatic carbocycles. The average Bonchev–Trinajstić information content (AvgIpc) is 3.46. The number of hydrogen-bond acceptors (Lipinski definition) is 7. The number of nitrogens with one attached hydrogen (secondary N) is 1. The molecule has 4 aromatic heterocycles. The van der Waals surface area contributed by atoms with Crippen molar-refractivity contribution in [3.8, 4) is 11.5 Å². The van der Waals surface area contributed by atoms with Gasteiger partial charge in [0.1, 0.15) is 11.5 Å². The summed E-state index contributed by atoms with van der Waals surface area (Å²) in [6, 6.07) is 10.2. The highest BCUT2D eigenvalue weighted by Crippen LogP contribution is 2.16. The summed E-state index contributed by atoms with van der Waals surface area (Å²) in [5.41, 5.74) is 4.68. The van der Waals surface area contributed by atoms with E-state index in [4.69, 9.17) is 4.98 Å². The van der Waals surface area contributed by atoms with Crippen molar-refractivity contribution in [2.45, 2.75) is 32.2 Å². The van der Waals surface area contributed by atoms with Gasteiger partial charge in [0, 0.05) is 43.7 Å². The van der Waals surface area contributed by atoms with Crippen LogP contribution in [0.1, 0.15) is 40.9 Å². The van der Waals surface area contributed by atoms with Crippen LogP contribution in [0.4, 0.5) is 0 Å². The number of aryl methyl sites for hydroxylation is 1. The van der Waals surface area contributed by atoms with Gasteiger partial charge in [-0.1, -0.05) is 6.07 Å². The Morgan fingerprint density at radius 2 is 1.87 bits per heavy atom. The summed E-state index contributed by atoms with van der Waals surface area (Å²) in [5.74, 6) is 1.42. The van der Waals surface area contributed by atoms with E-state index in [-0.39, 0.29) is 0 Å². The Hall–Kier alpha value is -3.52. The molecule has 1 aliphatic heterocycles. The molecule has 8 nitrogen and oxygen atoms in total. The van der Waals surface area contributed by atoms with E-state index in [1.807, 2.05) is 49.6 Å². The fraction of sp³-hybridized carbons (Fsp3) is 0.304. The molecule has 8 heteroatoms. The van der Waals surface area contributed by atoms with Gasteiger partial charge in [-0.25, -0.2) is 24.9 Å². The summed E-state index contributed by atoms with van der Waals surface area (Å²) in [4.78, 5) is 22.8. The second-order valence-electron chi connectivity index (χ2n) is 7.83. The second-order valence-corrected chi connectivity index (χ2v) is 7.83. The maximum absolute atomic E-state index is 4.75. The van der Waals surface area contributed by atoms with Gasteiger partial charge >= 0.3 is 0 Å². The van der Waals surface area contributed by atoms with E-state index in [9.17, 15) is 0 Å². The highest BCUT2D eigenvalue weighted by Gasteiger charge is 2.17. The number of hydrogen-bond donors (Lipinski definition) is 1. The zero-order valence-corrected chi connectivity index (χ0v) is 17.4. The van der Waals surface area contributed by atoms with Crippen LogP contribution in [0.5, 0.6) is 0 Å². The molecule has 1 fully saturated rings. The molecular formula is C23H24N8. The molecular weight excluding hydrogens is 388 g/mol.